The van der Waals surface area contributed by atoms with Crippen molar-refractivity contribution in [3.63, 3.8) is 0 Å². The van der Waals surface area contributed by atoms with Crippen molar-refractivity contribution in [2.45, 2.75) is 18.7 Å². The van der Waals surface area contributed by atoms with E-state index in [1.165, 1.54) is 23.9 Å². The highest BCUT2D eigenvalue weighted by Gasteiger charge is 2.51. The normalized spacial score (nSPS) is 21.0. The predicted octanol–water partition coefficient (Wildman–Crippen LogP) is 5.07. The second-order valence-corrected chi connectivity index (χ2v) is 8.33. The summed E-state index contributed by atoms with van der Waals surface area (Å²) in [6.07, 6.45) is 1.90. The van der Waals surface area contributed by atoms with Gasteiger partial charge < -0.3 is 9.64 Å². The van der Waals surface area contributed by atoms with Crippen molar-refractivity contribution in [1.82, 2.24) is 4.90 Å². The Morgan fingerprint density at radius 2 is 1.73 bits per heavy atom. The number of carbonyl (C=O) groups excluding carboxylic acids is 1. The molecule has 30 heavy (non-hydrogen) atoms. The topological polar surface area (TPSA) is 53.3 Å². The molecule has 1 aliphatic heterocycles. The fraction of sp³-hybridized carbons (Fsp3) is 0.304. The summed E-state index contributed by atoms with van der Waals surface area (Å²) in [5, 5.41) is 9.95. The van der Waals surface area contributed by atoms with Crippen molar-refractivity contribution in [3.05, 3.63) is 65.4 Å². The minimum absolute atomic E-state index is 0.223. The number of halogens is 2. The highest BCUT2D eigenvalue weighted by atomic mass is 32.2. The first-order chi connectivity index (χ1) is 14.3. The Bertz CT molecular complexity index is 1030. The molecule has 2 aromatic carbocycles. The predicted molar refractivity (Wildman–Crippen MR) is 114 cm³/mol. The van der Waals surface area contributed by atoms with Crippen molar-refractivity contribution in [2.24, 2.45) is 5.92 Å². The molecule has 156 valence electrons. The van der Waals surface area contributed by atoms with Gasteiger partial charge in [0.1, 0.15) is 28.1 Å². The van der Waals surface area contributed by atoms with Crippen LogP contribution in [0.15, 0.2) is 48.2 Å². The van der Waals surface area contributed by atoms with Crippen LogP contribution in [-0.2, 0) is 9.53 Å². The van der Waals surface area contributed by atoms with E-state index in [1.54, 1.807) is 43.1 Å². The summed E-state index contributed by atoms with van der Waals surface area (Å²) in [6.45, 7) is 3.87. The highest BCUT2D eigenvalue weighted by molar-refractivity contribution is 7.99. The second-order valence-electron chi connectivity index (χ2n) is 7.10. The van der Waals surface area contributed by atoms with Gasteiger partial charge in [-0.05, 0) is 48.9 Å². The van der Waals surface area contributed by atoms with Crippen LogP contribution in [0.4, 0.5) is 8.78 Å². The number of likely N-dealkylation sites (N-methyl/N-ethyl adjacent to an activating group) is 1. The lowest BCUT2D eigenvalue weighted by atomic mass is 9.89. The Kier molecular flexibility index (Phi) is 6.18. The molecular formula is C23H22F2N2O2S. The summed E-state index contributed by atoms with van der Waals surface area (Å²) in [7, 11) is 1.78. The molecule has 0 saturated heterocycles. The molecule has 2 atom stereocenters. The lowest BCUT2D eigenvalue weighted by Crippen LogP contribution is -2.41. The van der Waals surface area contributed by atoms with Gasteiger partial charge in [-0.2, -0.15) is 5.26 Å². The minimum Gasteiger partial charge on any atom is -0.461 e. The number of esters is 1. The summed E-state index contributed by atoms with van der Waals surface area (Å²) in [6, 6.07) is 12.7. The number of hydrogen-bond acceptors (Lipinski definition) is 5. The molecule has 0 fully saturated rings. The van der Waals surface area contributed by atoms with E-state index in [0.29, 0.717) is 28.0 Å². The maximum absolute atomic E-state index is 13.6. The SMILES string of the molecule is CCOC(=O)C1=C(c2ccc(-c3cc(F)cc(F)c3)cc2)C(C#N)[C@](C)(SC)N1C. The van der Waals surface area contributed by atoms with Crippen LogP contribution < -0.4 is 0 Å². The third kappa shape index (κ3) is 3.68. The molecule has 4 nitrogen and oxygen atoms in total. The van der Waals surface area contributed by atoms with Gasteiger partial charge in [0.25, 0.3) is 0 Å². The number of hydrogen-bond donors (Lipinski definition) is 0. The lowest BCUT2D eigenvalue weighted by Gasteiger charge is -2.35. The average molecular weight is 429 g/mol. The highest BCUT2D eigenvalue weighted by Crippen LogP contribution is 2.50. The van der Waals surface area contributed by atoms with E-state index in [9.17, 15) is 18.8 Å². The average Bonchev–Trinajstić information content (AvgIpc) is 2.95. The molecule has 0 amide bonds. The van der Waals surface area contributed by atoms with Gasteiger partial charge in [0.2, 0.25) is 0 Å². The Labute approximate surface area is 179 Å². The summed E-state index contributed by atoms with van der Waals surface area (Å²) < 4.78 is 32.4. The standard InChI is InChI=1S/C23H22F2N2O2S/c1-5-29-22(28)21-20(19(13-26)23(2,30-4)27(21)3)15-8-6-14(7-9-15)16-10-17(24)12-18(25)11-16/h6-12,19H,5H2,1-4H3/t19?,23-/m0/s1. The number of nitrogens with zero attached hydrogens (tertiary/aromatic N) is 2. The Morgan fingerprint density at radius 3 is 2.23 bits per heavy atom. The van der Waals surface area contributed by atoms with Gasteiger partial charge in [0.15, 0.2) is 0 Å². The smallest absolute Gasteiger partial charge is 0.354 e. The molecule has 0 aromatic heterocycles. The molecule has 0 radical (unpaired) electrons. The van der Waals surface area contributed by atoms with Gasteiger partial charge in [0, 0.05) is 18.7 Å². The maximum Gasteiger partial charge on any atom is 0.354 e. The van der Waals surface area contributed by atoms with Gasteiger partial charge in [-0.15, -0.1) is 11.8 Å². The van der Waals surface area contributed by atoms with E-state index in [-0.39, 0.29) is 6.61 Å². The zero-order valence-corrected chi connectivity index (χ0v) is 18.0. The van der Waals surface area contributed by atoms with E-state index < -0.39 is 28.4 Å². The molecule has 0 aliphatic carbocycles. The minimum atomic E-state index is -0.654. The summed E-state index contributed by atoms with van der Waals surface area (Å²) in [5.41, 5.74) is 2.67. The van der Waals surface area contributed by atoms with E-state index in [2.05, 4.69) is 6.07 Å². The first-order valence-corrected chi connectivity index (χ1v) is 10.7. The number of carbonyl (C=O) groups is 1. The lowest BCUT2D eigenvalue weighted by molar-refractivity contribution is -0.140. The fourth-order valence-corrected chi connectivity index (χ4v) is 4.52. The molecule has 0 saturated carbocycles. The third-order valence-corrected chi connectivity index (χ3v) is 6.82. The molecule has 3 rings (SSSR count). The van der Waals surface area contributed by atoms with Crippen molar-refractivity contribution >= 4 is 23.3 Å². The number of benzene rings is 2. The zero-order chi connectivity index (χ0) is 22.1. The van der Waals surface area contributed by atoms with E-state index >= 15 is 0 Å². The Morgan fingerprint density at radius 1 is 1.17 bits per heavy atom. The molecular weight excluding hydrogens is 406 g/mol. The van der Waals surface area contributed by atoms with Crippen LogP contribution in [0.2, 0.25) is 0 Å². The molecule has 1 heterocycles. The zero-order valence-electron chi connectivity index (χ0n) is 17.2. The number of rotatable bonds is 5. The molecule has 2 aromatic rings. The summed E-state index contributed by atoms with van der Waals surface area (Å²) in [4.78, 5) is 13.9. The van der Waals surface area contributed by atoms with Crippen LogP contribution in [0.1, 0.15) is 19.4 Å². The summed E-state index contributed by atoms with van der Waals surface area (Å²) >= 11 is 1.49. The van der Waals surface area contributed by atoms with Crippen LogP contribution in [0.3, 0.4) is 0 Å². The summed E-state index contributed by atoms with van der Waals surface area (Å²) in [5.74, 6) is -2.36. The van der Waals surface area contributed by atoms with Gasteiger partial charge in [-0.25, -0.2) is 13.6 Å². The van der Waals surface area contributed by atoms with E-state index in [4.69, 9.17) is 4.74 Å². The van der Waals surface area contributed by atoms with Crippen LogP contribution >= 0.6 is 11.8 Å². The first-order valence-electron chi connectivity index (χ1n) is 9.43. The van der Waals surface area contributed by atoms with Crippen LogP contribution in [-0.4, -0.2) is 35.7 Å². The Balaban J connectivity index is 2.12. The number of thioether (sulfide) groups is 1. The molecule has 0 N–H and O–H groups in total. The van der Waals surface area contributed by atoms with E-state index in [0.717, 1.165) is 6.07 Å². The molecule has 1 unspecified atom stereocenters. The van der Waals surface area contributed by atoms with Gasteiger partial charge >= 0.3 is 5.97 Å². The fourth-order valence-electron chi connectivity index (χ4n) is 3.75. The van der Waals surface area contributed by atoms with Crippen molar-refractivity contribution in [2.75, 3.05) is 19.9 Å². The number of ether oxygens (including phenoxy) is 1. The first kappa shape index (κ1) is 21.8. The molecule has 0 bridgehead atoms. The molecule has 1 aliphatic rings. The van der Waals surface area contributed by atoms with Crippen molar-refractivity contribution in [3.8, 4) is 17.2 Å². The van der Waals surface area contributed by atoms with Crippen molar-refractivity contribution < 1.29 is 18.3 Å². The van der Waals surface area contributed by atoms with Gasteiger partial charge in [-0.1, -0.05) is 24.3 Å². The van der Waals surface area contributed by atoms with Gasteiger partial charge in [0.05, 0.1) is 12.7 Å². The second kappa shape index (κ2) is 8.49. The molecule has 7 heteroatoms. The maximum atomic E-state index is 13.6. The number of nitriles is 1. The van der Waals surface area contributed by atoms with Gasteiger partial charge in [-0.3, -0.25) is 0 Å². The van der Waals surface area contributed by atoms with Crippen molar-refractivity contribution in [1.29, 1.82) is 5.26 Å². The molecule has 0 spiro atoms. The van der Waals surface area contributed by atoms with Crippen LogP contribution in [0.25, 0.3) is 16.7 Å². The quantitative estimate of drug-likeness (QED) is 0.623. The Hall–Kier alpha value is -2.85. The van der Waals surface area contributed by atoms with E-state index in [1.807, 2.05) is 13.2 Å². The van der Waals surface area contributed by atoms with Crippen LogP contribution in [0.5, 0.6) is 0 Å². The van der Waals surface area contributed by atoms with Crippen LogP contribution in [0, 0.1) is 28.9 Å². The largest absolute Gasteiger partial charge is 0.461 e. The monoisotopic (exact) mass is 428 g/mol. The third-order valence-electron chi connectivity index (χ3n) is 5.48.